The largest absolute Gasteiger partial charge is 0.255 e. The van der Waals surface area contributed by atoms with Crippen molar-refractivity contribution in [2.45, 2.75) is 20.8 Å². The lowest BCUT2D eigenvalue weighted by molar-refractivity contribution is 1.04. The van der Waals surface area contributed by atoms with E-state index in [1.165, 1.54) is 0 Å². The van der Waals surface area contributed by atoms with Crippen LogP contribution in [0.2, 0.25) is 0 Å². The molecule has 0 aromatic heterocycles. The summed E-state index contributed by atoms with van der Waals surface area (Å²) in [5.41, 5.74) is 4.15. The SMILES string of the molecule is CC1=Nc2ccc(Br)cc2N=C(C)C1C. The van der Waals surface area contributed by atoms with Gasteiger partial charge in [-0.25, -0.2) is 0 Å². The third-order valence-electron chi connectivity index (χ3n) is 2.78. The van der Waals surface area contributed by atoms with Crippen molar-refractivity contribution in [3.63, 3.8) is 0 Å². The van der Waals surface area contributed by atoms with E-state index in [-0.39, 0.29) is 0 Å². The van der Waals surface area contributed by atoms with Gasteiger partial charge in [-0.3, -0.25) is 9.98 Å². The van der Waals surface area contributed by atoms with Crippen LogP contribution in [0.15, 0.2) is 32.7 Å². The van der Waals surface area contributed by atoms with Crippen molar-refractivity contribution in [1.29, 1.82) is 0 Å². The second kappa shape index (κ2) is 3.89. The van der Waals surface area contributed by atoms with Crippen LogP contribution in [-0.2, 0) is 0 Å². The van der Waals surface area contributed by atoms with Crippen LogP contribution in [0, 0.1) is 5.92 Å². The first-order chi connectivity index (χ1) is 7.08. The number of nitrogens with zero attached hydrogens (tertiary/aromatic N) is 2. The molecule has 1 unspecified atom stereocenters. The fourth-order valence-corrected chi connectivity index (χ4v) is 1.91. The lowest BCUT2D eigenvalue weighted by Crippen LogP contribution is -2.14. The highest BCUT2D eigenvalue weighted by molar-refractivity contribution is 9.10. The van der Waals surface area contributed by atoms with Crippen molar-refractivity contribution in [3.8, 4) is 0 Å². The summed E-state index contributed by atoms with van der Waals surface area (Å²) in [7, 11) is 0. The molecule has 2 nitrogen and oxygen atoms in total. The highest BCUT2D eigenvalue weighted by atomic mass is 79.9. The fourth-order valence-electron chi connectivity index (χ4n) is 1.56. The van der Waals surface area contributed by atoms with Gasteiger partial charge in [-0.15, -0.1) is 0 Å². The van der Waals surface area contributed by atoms with Gasteiger partial charge in [0.1, 0.15) is 0 Å². The quantitative estimate of drug-likeness (QED) is 0.668. The summed E-state index contributed by atoms with van der Waals surface area (Å²) in [6, 6.07) is 6.00. The molecule has 1 aliphatic heterocycles. The summed E-state index contributed by atoms with van der Waals surface area (Å²) in [5.74, 6) is 0.330. The van der Waals surface area contributed by atoms with Crippen molar-refractivity contribution in [3.05, 3.63) is 22.7 Å². The average molecular weight is 265 g/mol. The van der Waals surface area contributed by atoms with Crippen LogP contribution in [0.3, 0.4) is 0 Å². The molecule has 2 rings (SSSR count). The van der Waals surface area contributed by atoms with Crippen molar-refractivity contribution < 1.29 is 0 Å². The van der Waals surface area contributed by atoms with E-state index in [0.717, 1.165) is 27.3 Å². The van der Waals surface area contributed by atoms with E-state index < -0.39 is 0 Å². The second-order valence-electron chi connectivity index (χ2n) is 3.86. The number of halogens is 1. The fraction of sp³-hybridized carbons (Fsp3) is 0.333. The molecule has 15 heavy (non-hydrogen) atoms. The Kier molecular flexibility index (Phi) is 2.74. The van der Waals surface area contributed by atoms with Crippen LogP contribution in [-0.4, -0.2) is 11.4 Å². The van der Waals surface area contributed by atoms with E-state index in [9.17, 15) is 0 Å². The first-order valence-electron chi connectivity index (χ1n) is 4.98. The van der Waals surface area contributed by atoms with E-state index >= 15 is 0 Å². The number of hydrogen-bond donors (Lipinski definition) is 0. The third-order valence-corrected chi connectivity index (χ3v) is 3.28. The van der Waals surface area contributed by atoms with Gasteiger partial charge >= 0.3 is 0 Å². The Morgan fingerprint density at radius 3 is 2.33 bits per heavy atom. The molecule has 0 N–H and O–H groups in total. The summed E-state index contributed by atoms with van der Waals surface area (Å²) in [4.78, 5) is 9.20. The molecule has 0 saturated carbocycles. The first kappa shape index (κ1) is 10.6. The molecule has 0 bridgehead atoms. The van der Waals surface area contributed by atoms with E-state index in [4.69, 9.17) is 0 Å². The highest BCUT2D eigenvalue weighted by Gasteiger charge is 2.15. The molecule has 0 fully saturated rings. The van der Waals surface area contributed by atoms with Gasteiger partial charge in [-0.1, -0.05) is 22.9 Å². The minimum atomic E-state index is 0.330. The van der Waals surface area contributed by atoms with Gasteiger partial charge in [0.15, 0.2) is 0 Å². The molecule has 78 valence electrons. The van der Waals surface area contributed by atoms with Crippen LogP contribution in [0.1, 0.15) is 20.8 Å². The van der Waals surface area contributed by atoms with E-state index in [0.29, 0.717) is 5.92 Å². The summed E-state index contributed by atoms with van der Waals surface area (Å²) in [6.45, 7) is 6.25. The summed E-state index contributed by atoms with van der Waals surface area (Å²) in [6.07, 6.45) is 0. The zero-order valence-electron chi connectivity index (χ0n) is 9.08. The molecule has 3 heteroatoms. The number of fused-ring (bicyclic) bond motifs is 1. The first-order valence-corrected chi connectivity index (χ1v) is 5.77. The summed E-state index contributed by atoms with van der Waals surface area (Å²) >= 11 is 3.45. The second-order valence-corrected chi connectivity index (χ2v) is 4.78. The van der Waals surface area contributed by atoms with Gasteiger partial charge in [0.25, 0.3) is 0 Å². The molecule has 0 saturated heterocycles. The van der Waals surface area contributed by atoms with Crippen molar-refractivity contribution in [2.75, 3.05) is 0 Å². The van der Waals surface area contributed by atoms with Gasteiger partial charge < -0.3 is 0 Å². The van der Waals surface area contributed by atoms with Gasteiger partial charge in [0, 0.05) is 21.8 Å². The zero-order chi connectivity index (χ0) is 11.0. The number of aliphatic imine (C=N–C) groups is 2. The lowest BCUT2D eigenvalue weighted by Gasteiger charge is -2.06. The average Bonchev–Trinajstić information content (AvgIpc) is 2.29. The predicted octanol–water partition coefficient (Wildman–Crippen LogP) is 4.28. The van der Waals surface area contributed by atoms with Crippen LogP contribution in [0.5, 0.6) is 0 Å². The van der Waals surface area contributed by atoms with Crippen LogP contribution in [0.25, 0.3) is 0 Å². The Balaban J connectivity index is 2.63. The van der Waals surface area contributed by atoms with Gasteiger partial charge in [-0.05, 0) is 32.0 Å². The topological polar surface area (TPSA) is 24.7 Å². The van der Waals surface area contributed by atoms with Gasteiger partial charge in [0.2, 0.25) is 0 Å². The molecule has 1 atom stereocenters. The van der Waals surface area contributed by atoms with Crippen LogP contribution >= 0.6 is 15.9 Å². The molecule has 1 aromatic rings. The summed E-state index contributed by atoms with van der Waals surface area (Å²) in [5, 5.41) is 0. The molecule has 1 aromatic carbocycles. The summed E-state index contributed by atoms with van der Waals surface area (Å²) < 4.78 is 1.04. The normalized spacial score (nSPS) is 20.1. The van der Waals surface area contributed by atoms with Crippen molar-refractivity contribution >= 4 is 38.7 Å². The van der Waals surface area contributed by atoms with Gasteiger partial charge in [-0.2, -0.15) is 0 Å². The standard InChI is InChI=1S/C12H13BrN2/c1-7-8(2)14-11-5-4-10(13)6-12(11)15-9(7)3/h4-7H,1-3H3. The Labute approximate surface area is 98.3 Å². The Morgan fingerprint density at radius 1 is 1.07 bits per heavy atom. The molecule has 0 amide bonds. The molecule has 0 spiro atoms. The van der Waals surface area contributed by atoms with E-state index in [1.807, 2.05) is 18.2 Å². The molecule has 0 aliphatic carbocycles. The highest BCUT2D eigenvalue weighted by Crippen LogP contribution is 2.34. The molecule has 1 heterocycles. The van der Waals surface area contributed by atoms with Crippen LogP contribution in [0.4, 0.5) is 11.4 Å². The zero-order valence-corrected chi connectivity index (χ0v) is 10.7. The van der Waals surface area contributed by atoms with Crippen molar-refractivity contribution in [1.82, 2.24) is 0 Å². The van der Waals surface area contributed by atoms with Crippen molar-refractivity contribution in [2.24, 2.45) is 15.9 Å². The Bertz CT molecular complexity index is 461. The number of benzene rings is 1. The number of hydrogen-bond acceptors (Lipinski definition) is 2. The molecular weight excluding hydrogens is 252 g/mol. The monoisotopic (exact) mass is 264 g/mol. The maximum Gasteiger partial charge on any atom is 0.0896 e. The molecule has 0 radical (unpaired) electrons. The lowest BCUT2D eigenvalue weighted by atomic mass is 10.0. The van der Waals surface area contributed by atoms with E-state index in [2.05, 4.69) is 46.7 Å². The number of rotatable bonds is 0. The van der Waals surface area contributed by atoms with Crippen LogP contribution < -0.4 is 0 Å². The Hall–Kier alpha value is -0.960. The minimum Gasteiger partial charge on any atom is -0.255 e. The Morgan fingerprint density at radius 2 is 1.67 bits per heavy atom. The third kappa shape index (κ3) is 2.02. The van der Waals surface area contributed by atoms with Gasteiger partial charge in [0.05, 0.1) is 11.4 Å². The maximum atomic E-state index is 4.60. The van der Waals surface area contributed by atoms with E-state index in [1.54, 1.807) is 0 Å². The maximum absolute atomic E-state index is 4.60. The molecule has 1 aliphatic rings. The minimum absolute atomic E-state index is 0.330. The predicted molar refractivity (Wildman–Crippen MR) is 68.8 cm³/mol. The smallest absolute Gasteiger partial charge is 0.0896 e. The molecular formula is C12H13BrN2.